The summed E-state index contributed by atoms with van der Waals surface area (Å²) in [6, 6.07) is -4.00. The summed E-state index contributed by atoms with van der Waals surface area (Å²) in [5.41, 5.74) is 6.27. The molecule has 0 aromatic carbocycles. The fourth-order valence-electron chi connectivity index (χ4n) is 2.17. The van der Waals surface area contributed by atoms with Gasteiger partial charge in [0.25, 0.3) is 0 Å². The van der Waals surface area contributed by atoms with E-state index in [4.69, 9.17) is 15.9 Å². The number of aromatic amines is 1. The molecule has 0 bridgehead atoms. The van der Waals surface area contributed by atoms with Gasteiger partial charge in [-0.15, -0.1) is 0 Å². The largest absolute Gasteiger partial charge is 0.481 e. The summed E-state index contributed by atoms with van der Waals surface area (Å²) in [5.74, 6) is -4.37. The van der Waals surface area contributed by atoms with Crippen LogP contribution in [0.15, 0.2) is 12.5 Å². The Kier molecular flexibility index (Phi) is 8.35. The first-order valence-electron chi connectivity index (χ1n) is 8.08. The Morgan fingerprint density at radius 1 is 1.22 bits per heavy atom. The van der Waals surface area contributed by atoms with Crippen molar-refractivity contribution in [2.24, 2.45) is 5.73 Å². The molecule has 2 amide bonds. The molecule has 12 nitrogen and oxygen atoms in total. The van der Waals surface area contributed by atoms with Gasteiger partial charge in [-0.3, -0.25) is 14.4 Å². The zero-order valence-electron chi connectivity index (χ0n) is 14.6. The van der Waals surface area contributed by atoms with Crippen LogP contribution in [0.2, 0.25) is 0 Å². The fourth-order valence-corrected chi connectivity index (χ4v) is 2.17. The van der Waals surface area contributed by atoms with E-state index >= 15 is 0 Å². The second-order valence-corrected chi connectivity index (χ2v) is 5.93. The number of aliphatic carboxylic acids is 2. The Labute approximate surface area is 154 Å². The van der Waals surface area contributed by atoms with Crippen LogP contribution in [0.5, 0.6) is 0 Å². The van der Waals surface area contributed by atoms with Gasteiger partial charge in [-0.25, -0.2) is 9.78 Å². The Bertz CT molecular complexity index is 662. The van der Waals surface area contributed by atoms with Crippen molar-refractivity contribution in [1.82, 2.24) is 20.6 Å². The number of aliphatic hydroxyl groups is 1. The summed E-state index contributed by atoms with van der Waals surface area (Å²) in [7, 11) is 0. The molecule has 0 saturated carbocycles. The van der Waals surface area contributed by atoms with Crippen LogP contribution in [0.25, 0.3) is 0 Å². The molecule has 1 heterocycles. The number of aliphatic hydroxyl groups excluding tert-OH is 1. The molecule has 0 aliphatic carbocycles. The third-order valence-electron chi connectivity index (χ3n) is 3.64. The lowest BCUT2D eigenvalue weighted by Gasteiger charge is -2.24. The van der Waals surface area contributed by atoms with Gasteiger partial charge in [0.1, 0.15) is 12.1 Å². The van der Waals surface area contributed by atoms with Gasteiger partial charge >= 0.3 is 11.9 Å². The number of nitrogens with one attached hydrogen (secondary N) is 3. The minimum Gasteiger partial charge on any atom is -0.481 e. The van der Waals surface area contributed by atoms with E-state index in [1.807, 2.05) is 0 Å². The van der Waals surface area contributed by atoms with Crippen LogP contribution >= 0.6 is 0 Å². The first-order valence-corrected chi connectivity index (χ1v) is 8.08. The quantitative estimate of drug-likeness (QED) is 0.216. The minimum atomic E-state index is -1.48. The Hall–Kier alpha value is -2.99. The smallest absolute Gasteiger partial charge is 0.326 e. The fraction of sp³-hybridized carbons (Fsp3) is 0.533. The van der Waals surface area contributed by atoms with Crippen molar-refractivity contribution in [3.8, 4) is 0 Å². The van der Waals surface area contributed by atoms with E-state index in [1.165, 1.54) is 13.3 Å². The maximum atomic E-state index is 12.3. The number of carbonyl (C=O) groups excluding carboxylic acids is 2. The molecule has 0 radical (unpaired) electrons. The summed E-state index contributed by atoms with van der Waals surface area (Å²) in [4.78, 5) is 52.8. The number of hydrogen-bond donors (Lipinski definition) is 7. The van der Waals surface area contributed by atoms with E-state index in [2.05, 4.69) is 20.6 Å². The zero-order chi connectivity index (χ0) is 20.6. The molecule has 4 atom stereocenters. The molecule has 1 rings (SSSR count). The molecule has 0 saturated heterocycles. The second kappa shape index (κ2) is 10.2. The number of nitrogens with zero attached hydrogens (tertiary/aromatic N) is 1. The number of amides is 2. The van der Waals surface area contributed by atoms with E-state index in [1.54, 1.807) is 6.20 Å². The SMILES string of the molecule is C[C@@H](O)[C@H](NC(=O)[C@@H](N)Cc1c[nH]cn1)C(=O)N[C@@H](CCC(=O)O)C(=O)O. The number of rotatable bonds is 11. The molecule has 0 unspecified atom stereocenters. The molecule has 1 aromatic rings. The summed E-state index contributed by atoms with van der Waals surface area (Å²) in [5, 5.41) is 31.9. The average Bonchev–Trinajstić information content (AvgIpc) is 3.07. The zero-order valence-corrected chi connectivity index (χ0v) is 14.6. The number of carboxylic acid groups (broad SMARTS) is 2. The summed E-state index contributed by atoms with van der Waals surface area (Å²) in [6.07, 6.45) is 0.869. The van der Waals surface area contributed by atoms with E-state index < -0.39 is 54.4 Å². The molecule has 150 valence electrons. The van der Waals surface area contributed by atoms with Gasteiger partial charge in [0.15, 0.2) is 0 Å². The Balaban J connectivity index is 2.71. The summed E-state index contributed by atoms with van der Waals surface area (Å²) < 4.78 is 0. The van der Waals surface area contributed by atoms with Gasteiger partial charge in [-0.1, -0.05) is 0 Å². The molecule has 8 N–H and O–H groups in total. The number of aromatic nitrogens is 2. The first-order chi connectivity index (χ1) is 12.6. The van der Waals surface area contributed by atoms with E-state index in [9.17, 15) is 24.3 Å². The van der Waals surface area contributed by atoms with Crippen LogP contribution < -0.4 is 16.4 Å². The average molecular weight is 385 g/mol. The maximum Gasteiger partial charge on any atom is 0.326 e. The Morgan fingerprint density at radius 3 is 2.37 bits per heavy atom. The molecule has 0 aliphatic rings. The molecular formula is C15H23N5O7. The molecule has 0 spiro atoms. The highest BCUT2D eigenvalue weighted by atomic mass is 16.4. The molecular weight excluding hydrogens is 362 g/mol. The molecule has 27 heavy (non-hydrogen) atoms. The van der Waals surface area contributed by atoms with Crippen LogP contribution in [-0.4, -0.2) is 73.3 Å². The van der Waals surface area contributed by atoms with Crippen molar-refractivity contribution in [1.29, 1.82) is 0 Å². The lowest BCUT2D eigenvalue weighted by molar-refractivity contribution is -0.144. The lowest BCUT2D eigenvalue weighted by atomic mass is 10.1. The number of nitrogens with two attached hydrogens (primary N) is 1. The van der Waals surface area contributed by atoms with Crippen LogP contribution in [0.3, 0.4) is 0 Å². The number of H-pyrrole nitrogens is 1. The van der Waals surface area contributed by atoms with Crippen LogP contribution in [0.4, 0.5) is 0 Å². The van der Waals surface area contributed by atoms with Crippen LogP contribution in [0.1, 0.15) is 25.5 Å². The third-order valence-corrected chi connectivity index (χ3v) is 3.64. The molecule has 0 aliphatic heterocycles. The van der Waals surface area contributed by atoms with Gasteiger partial charge in [0.2, 0.25) is 11.8 Å². The molecule has 12 heteroatoms. The number of imidazole rings is 1. The number of hydrogen-bond acceptors (Lipinski definition) is 7. The van der Waals surface area contributed by atoms with Gasteiger partial charge < -0.3 is 36.7 Å². The molecule has 1 aromatic heterocycles. The topological polar surface area (TPSA) is 208 Å². The van der Waals surface area contributed by atoms with Gasteiger partial charge in [-0.2, -0.15) is 0 Å². The predicted molar refractivity (Wildman–Crippen MR) is 90.3 cm³/mol. The lowest BCUT2D eigenvalue weighted by Crippen LogP contribution is -2.58. The first kappa shape index (κ1) is 22.1. The third kappa shape index (κ3) is 7.42. The van der Waals surface area contributed by atoms with Crippen molar-refractivity contribution in [2.75, 3.05) is 0 Å². The second-order valence-electron chi connectivity index (χ2n) is 5.93. The normalized spacial score (nSPS) is 15.2. The van der Waals surface area contributed by atoms with E-state index in [-0.39, 0.29) is 12.8 Å². The highest BCUT2D eigenvalue weighted by Crippen LogP contribution is 2.03. The van der Waals surface area contributed by atoms with Crippen LogP contribution in [0, 0.1) is 0 Å². The minimum absolute atomic E-state index is 0.0832. The van der Waals surface area contributed by atoms with Gasteiger partial charge in [-0.05, 0) is 13.3 Å². The van der Waals surface area contributed by atoms with Crippen molar-refractivity contribution >= 4 is 23.8 Å². The standard InChI is InChI=1S/C15H23N5O7/c1-7(21)12(14(25)19-10(15(26)27)2-3-11(22)23)20-13(24)9(16)4-8-5-17-6-18-8/h5-7,9-10,12,21H,2-4,16H2,1H3,(H,17,18)(H,19,25)(H,20,24)(H,22,23)(H,26,27)/t7-,9+,10+,12+/m1/s1. The van der Waals surface area contributed by atoms with Gasteiger partial charge in [0, 0.05) is 19.0 Å². The molecule has 0 fully saturated rings. The van der Waals surface area contributed by atoms with Crippen molar-refractivity contribution in [3.05, 3.63) is 18.2 Å². The maximum absolute atomic E-state index is 12.3. The van der Waals surface area contributed by atoms with Crippen molar-refractivity contribution in [2.45, 2.75) is 50.4 Å². The Morgan fingerprint density at radius 2 is 1.89 bits per heavy atom. The van der Waals surface area contributed by atoms with E-state index in [0.717, 1.165) is 0 Å². The summed E-state index contributed by atoms with van der Waals surface area (Å²) in [6.45, 7) is 1.23. The monoisotopic (exact) mass is 385 g/mol. The summed E-state index contributed by atoms with van der Waals surface area (Å²) >= 11 is 0. The van der Waals surface area contributed by atoms with E-state index in [0.29, 0.717) is 5.69 Å². The van der Waals surface area contributed by atoms with Crippen molar-refractivity contribution < 1.29 is 34.5 Å². The predicted octanol–water partition coefficient (Wildman–Crippen LogP) is -2.42. The number of carboxylic acids is 2. The van der Waals surface area contributed by atoms with Gasteiger partial charge in [0.05, 0.1) is 24.2 Å². The van der Waals surface area contributed by atoms with Crippen LogP contribution in [-0.2, 0) is 25.6 Å². The highest BCUT2D eigenvalue weighted by Gasteiger charge is 2.31. The number of carbonyl (C=O) groups is 4. The highest BCUT2D eigenvalue weighted by molar-refractivity contribution is 5.92. The van der Waals surface area contributed by atoms with Crippen molar-refractivity contribution in [3.63, 3.8) is 0 Å².